The van der Waals surface area contributed by atoms with E-state index in [9.17, 15) is 4.79 Å². The van der Waals surface area contributed by atoms with Crippen LogP contribution in [0.4, 0.5) is 0 Å². The number of aryl methyl sites for hydroxylation is 1. The van der Waals surface area contributed by atoms with Gasteiger partial charge in [0.1, 0.15) is 5.76 Å². The Morgan fingerprint density at radius 3 is 3.11 bits per heavy atom. The monoisotopic (exact) mass is 275 g/mol. The second-order valence-corrected chi connectivity index (χ2v) is 5.82. The summed E-state index contributed by atoms with van der Waals surface area (Å²) in [4.78, 5) is 15.7. The minimum atomic E-state index is 0.243. The third-order valence-electron chi connectivity index (χ3n) is 3.61. The molecule has 100 valence electrons. The molecule has 3 nitrogen and oxygen atoms in total. The summed E-state index contributed by atoms with van der Waals surface area (Å²) in [7, 11) is 0. The molecule has 4 heteroatoms. The topological polar surface area (TPSA) is 33.5 Å². The molecule has 0 saturated carbocycles. The van der Waals surface area contributed by atoms with Crippen LogP contribution >= 0.6 is 11.3 Å². The van der Waals surface area contributed by atoms with Gasteiger partial charge in [-0.3, -0.25) is 4.79 Å². The maximum absolute atomic E-state index is 12.3. The van der Waals surface area contributed by atoms with E-state index in [-0.39, 0.29) is 5.91 Å². The number of hydrogen-bond donors (Lipinski definition) is 0. The van der Waals surface area contributed by atoms with Crippen LogP contribution in [-0.2, 0) is 11.2 Å². The van der Waals surface area contributed by atoms with Crippen molar-refractivity contribution in [1.29, 1.82) is 0 Å². The SMILES string of the molecule is O=C(CCc1ccco1)N1CCCC1c1cccs1. The normalized spacial score (nSPS) is 18.9. The Kier molecular flexibility index (Phi) is 3.69. The zero-order valence-corrected chi connectivity index (χ0v) is 11.6. The fourth-order valence-corrected chi connectivity index (χ4v) is 3.54. The van der Waals surface area contributed by atoms with Crippen molar-refractivity contribution >= 4 is 17.2 Å². The van der Waals surface area contributed by atoms with E-state index in [1.54, 1.807) is 17.6 Å². The van der Waals surface area contributed by atoms with E-state index in [0.717, 1.165) is 25.1 Å². The molecule has 1 fully saturated rings. The predicted octanol–water partition coefficient (Wildman–Crippen LogP) is 3.64. The first-order valence-electron chi connectivity index (χ1n) is 6.70. The van der Waals surface area contributed by atoms with Crippen molar-refractivity contribution in [1.82, 2.24) is 4.90 Å². The van der Waals surface area contributed by atoms with Crippen molar-refractivity contribution in [2.24, 2.45) is 0 Å². The molecule has 2 aromatic rings. The molecule has 3 heterocycles. The first kappa shape index (κ1) is 12.5. The second-order valence-electron chi connectivity index (χ2n) is 4.84. The highest BCUT2D eigenvalue weighted by Gasteiger charge is 2.30. The first-order chi connectivity index (χ1) is 9.34. The quantitative estimate of drug-likeness (QED) is 0.853. The summed E-state index contributed by atoms with van der Waals surface area (Å²) >= 11 is 1.74. The van der Waals surface area contributed by atoms with Crippen LogP contribution < -0.4 is 0 Å². The molecule has 0 N–H and O–H groups in total. The zero-order chi connectivity index (χ0) is 13.1. The van der Waals surface area contributed by atoms with Gasteiger partial charge in [-0.05, 0) is 36.4 Å². The predicted molar refractivity (Wildman–Crippen MR) is 75.0 cm³/mol. The van der Waals surface area contributed by atoms with Crippen LogP contribution in [0.2, 0.25) is 0 Å². The van der Waals surface area contributed by atoms with Gasteiger partial charge in [-0.25, -0.2) is 0 Å². The van der Waals surface area contributed by atoms with E-state index in [0.29, 0.717) is 18.9 Å². The van der Waals surface area contributed by atoms with Crippen molar-refractivity contribution < 1.29 is 9.21 Å². The molecule has 0 spiro atoms. The Morgan fingerprint density at radius 2 is 2.37 bits per heavy atom. The van der Waals surface area contributed by atoms with Gasteiger partial charge < -0.3 is 9.32 Å². The maximum atomic E-state index is 12.3. The molecule has 1 atom stereocenters. The Labute approximate surface area is 116 Å². The van der Waals surface area contributed by atoms with Gasteiger partial charge in [0, 0.05) is 24.3 Å². The highest BCUT2D eigenvalue weighted by molar-refractivity contribution is 7.10. The van der Waals surface area contributed by atoms with Crippen molar-refractivity contribution in [3.05, 3.63) is 46.5 Å². The lowest BCUT2D eigenvalue weighted by Gasteiger charge is -2.23. The molecule has 1 amide bonds. The highest BCUT2D eigenvalue weighted by Crippen LogP contribution is 2.34. The van der Waals surface area contributed by atoms with E-state index in [2.05, 4.69) is 17.5 Å². The van der Waals surface area contributed by atoms with Gasteiger partial charge in [-0.15, -0.1) is 11.3 Å². The molecule has 2 aromatic heterocycles. The van der Waals surface area contributed by atoms with E-state index >= 15 is 0 Å². The molecule has 19 heavy (non-hydrogen) atoms. The van der Waals surface area contributed by atoms with Crippen LogP contribution in [0.3, 0.4) is 0 Å². The van der Waals surface area contributed by atoms with Gasteiger partial charge in [-0.2, -0.15) is 0 Å². The standard InChI is InChI=1S/C15H17NO2S/c17-15(8-7-12-4-2-10-18-12)16-9-1-5-13(16)14-6-3-11-19-14/h2-4,6,10-11,13H,1,5,7-9H2. The Balaban J connectivity index is 1.62. The van der Waals surface area contributed by atoms with Gasteiger partial charge in [0.15, 0.2) is 0 Å². The summed E-state index contributed by atoms with van der Waals surface area (Å²) in [6.07, 6.45) is 5.08. The molecule has 1 aliphatic rings. The van der Waals surface area contributed by atoms with E-state index in [1.807, 2.05) is 17.0 Å². The second kappa shape index (κ2) is 5.61. The molecule has 0 aliphatic carbocycles. The number of nitrogens with zero attached hydrogens (tertiary/aromatic N) is 1. The van der Waals surface area contributed by atoms with Crippen molar-refractivity contribution in [2.45, 2.75) is 31.7 Å². The van der Waals surface area contributed by atoms with Crippen molar-refractivity contribution in [3.8, 4) is 0 Å². The van der Waals surface area contributed by atoms with Crippen LogP contribution in [0.25, 0.3) is 0 Å². The molecule has 0 bridgehead atoms. The third kappa shape index (κ3) is 2.73. The molecular weight excluding hydrogens is 258 g/mol. The van der Waals surface area contributed by atoms with Crippen LogP contribution in [0.15, 0.2) is 40.3 Å². The van der Waals surface area contributed by atoms with Crippen LogP contribution in [0.1, 0.15) is 35.9 Å². The molecule has 3 rings (SSSR count). The average Bonchev–Trinajstić information content (AvgIpc) is 3.14. The number of likely N-dealkylation sites (tertiary alicyclic amines) is 1. The van der Waals surface area contributed by atoms with E-state index < -0.39 is 0 Å². The van der Waals surface area contributed by atoms with Crippen LogP contribution in [-0.4, -0.2) is 17.4 Å². The Hall–Kier alpha value is -1.55. The summed E-state index contributed by atoms with van der Waals surface area (Å²) in [6.45, 7) is 0.888. The first-order valence-corrected chi connectivity index (χ1v) is 7.58. The van der Waals surface area contributed by atoms with E-state index in [1.165, 1.54) is 4.88 Å². The zero-order valence-electron chi connectivity index (χ0n) is 10.7. The lowest BCUT2D eigenvalue weighted by atomic mass is 10.1. The fraction of sp³-hybridized carbons (Fsp3) is 0.400. The number of carbonyl (C=O) groups is 1. The number of hydrogen-bond acceptors (Lipinski definition) is 3. The van der Waals surface area contributed by atoms with Crippen LogP contribution in [0.5, 0.6) is 0 Å². The maximum Gasteiger partial charge on any atom is 0.223 e. The summed E-state index contributed by atoms with van der Waals surface area (Å²) < 4.78 is 5.28. The minimum Gasteiger partial charge on any atom is -0.469 e. The van der Waals surface area contributed by atoms with Crippen molar-refractivity contribution in [2.75, 3.05) is 6.54 Å². The largest absolute Gasteiger partial charge is 0.469 e. The lowest BCUT2D eigenvalue weighted by Crippen LogP contribution is -2.30. The number of furan rings is 1. The molecular formula is C15H17NO2S. The number of amides is 1. The highest BCUT2D eigenvalue weighted by atomic mass is 32.1. The molecule has 0 radical (unpaired) electrons. The molecule has 0 aromatic carbocycles. The minimum absolute atomic E-state index is 0.243. The number of thiophene rings is 1. The van der Waals surface area contributed by atoms with Crippen molar-refractivity contribution in [3.63, 3.8) is 0 Å². The van der Waals surface area contributed by atoms with Crippen LogP contribution in [0, 0.1) is 0 Å². The summed E-state index contributed by atoms with van der Waals surface area (Å²) in [5.74, 6) is 1.13. The summed E-state index contributed by atoms with van der Waals surface area (Å²) in [5, 5.41) is 2.08. The van der Waals surface area contributed by atoms with Gasteiger partial charge in [-0.1, -0.05) is 6.07 Å². The molecule has 1 unspecified atom stereocenters. The number of carbonyl (C=O) groups excluding carboxylic acids is 1. The van der Waals surface area contributed by atoms with Gasteiger partial charge in [0.2, 0.25) is 5.91 Å². The Bertz CT molecular complexity index is 518. The lowest BCUT2D eigenvalue weighted by molar-refractivity contribution is -0.132. The number of rotatable bonds is 4. The average molecular weight is 275 g/mol. The van der Waals surface area contributed by atoms with Gasteiger partial charge >= 0.3 is 0 Å². The fourth-order valence-electron chi connectivity index (χ4n) is 2.67. The third-order valence-corrected chi connectivity index (χ3v) is 4.58. The van der Waals surface area contributed by atoms with Gasteiger partial charge in [0.05, 0.1) is 12.3 Å². The van der Waals surface area contributed by atoms with E-state index in [4.69, 9.17) is 4.42 Å². The summed E-state index contributed by atoms with van der Waals surface area (Å²) in [5.41, 5.74) is 0. The molecule has 1 aliphatic heterocycles. The molecule has 1 saturated heterocycles. The summed E-state index contributed by atoms with van der Waals surface area (Å²) in [6, 6.07) is 8.28. The van der Waals surface area contributed by atoms with Gasteiger partial charge in [0.25, 0.3) is 0 Å². The Morgan fingerprint density at radius 1 is 1.42 bits per heavy atom. The smallest absolute Gasteiger partial charge is 0.223 e.